The summed E-state index contributed by atoms with van der Waals surface area (Å²) in [6, 6.07) is 0. The van der Waals surface area contributed by atoms with Crippen LogP contribution in [0, 0.1) is 0 Å². The molecular formula is C76H138O6. The number of carbonyl (C=O) groups is 3. The number of rotatable bonds is 67. The monoisotopic (exact) mass is 1150 g/mol. The average Bonchev–Trinajstić information content (AvgIpc) is 3.48. The maximum Gasteiger partial charge on any atom is 0.306 e. The summed E-state index contributed by atoms with van der Waals surface area (Å²) in [5.41, 5.74) is 0. The molecule has 0 heterocycles. The van der Waals surface area contributed by atoms with E-state index in [2.05, 4.69) is 81.5 Å². The number of allylic oxidation sites excluding steroid dienone is 10. The van der Waals surface area contributed by atoms with Crippen molar-refractivity contribution < 1.29 is 28.6 Å². The lowest BCUT2D eigenvalue weighted by atomic mass is 10.0. The second kappa shape index (κ2) is 70.6. The van der Waals surface area contributed by atoms with Crippen molar-refractivity contribution in [1.82, 2.24) is 0 Å². The van der Waals surface area contributed by atoms with Gasteiger partial charge in [0.15, 0.2) is 6.10 Å². The maximum atomic E-state index is 12.9. The van der Waals surface area contributed by atoms with Crippen molar-refractivity contribution in [2.75, 3.05) is 13.2 Å². The second-order valence-corrected chi connectivity index (χ2v) is 24.5. The van der Waals surface area contributed by atoms with Gasteiger partial charge in [-0.15, -0.1) is 0 Å². The summed E-state index contributed by atoms with van der Waals surface area (Å²) >= 11 is 0. The Morgan fingerprint density at radius 2 is 0.476 bits per heavy atom. The van der Waals surface area contributed by atoms with Crippen LogP contribution in [0.4, 0.5) is 0 Å². The minimum atomic E-state index is -0.791. The molecule has 1 unspecified atom stereocenters. The average molecular weight is 1150 g/mol. The first-order valence-electron chi connectivity index (χ1n) is 36.3. The van der Waals surface area contributed by atoms with Gasteiger partial charge in [0.1, 0.15) is 13.2 Å². The maximum absolute atomic E-state index is 12.9. The van der Waals surface area contributed by atoms with Gasteiger partial charge in [-0.3, -0.25) is 14.4 Å². The topological polar surface area (TPSA) is 78.9 Å². The Balaban J connectivity index is 4.32. The molecule has 0 saturated carbocycles. The van der Waals surface area contributed by atoms with Gasteiger partial charge >= 0.3 is 17.9 Å². The number of hydrogen-bond donors (Lipinski definition) is 0. The number of ether oxygens (including phenoxy) is 3. The molecule has 0 aliphatic heterocycles. The highest BCUT2D eigenvalue weighted by molar-refractivity contribution is 5.71. The molecule has 0 aromatic heterocycles. The van der Waals surface area contributed by atoms with Crippen molar-refractivity contribution in [2.45, 2.75) is 393 Å². The van der Waals surface area contributed by atoms with Gasteiger partial charge in [-0.1, -0.05) is 364 Å². The van der Waals surface area contributed by atoms with Crippen LogP contribution in [-0.4, -0.2) is 37.2 Å². The molecule has 6 heteroatoms. The summed E-state index contributed by atoms with van der Waals surface area (Å²) in [6.45, 7) is 6.58. The molecule has 1 atom stereocenters. The fraction of sp³-hybridized carbons (Fsp3) is 0.829. The summed E-state index contributed by atoms with van der Waals surface area (Å²) < 4.78 is 17.0. The van der Waals surface area contributed by atoms with Crippen molar-refractivity contribution in [2.24, 2.45) is 0 Å². The molecule has 0 bridgehead atoms. The smallest absolute Gasteiger partial charge is 0.306 e. The highest BCUT2D eigenvalue weighted by Gasteiger charge is 2.19. The fourth-order valence-corrected chi connectivity index (χ4v) is 10.9. The van der Waals surface area contributed by atoms with E-state index < -0.39 is 6.10 Å². The molecule has 0 aromatic rings. The molecule has 0 radical (unpaired) electrons. The zero-order valence-corrected chi connectivity index (χ0v) is 55.0. The van der Waals surface area contributed by atoms with E-state index in [9.17, 15) is 14.4 Å². The Morgan fingerprint density at radius 1 is 0.256 bits per heavy atom. The van der Waals surface area contributed by atoms with Crippen molar-refractivity contribution in [3.05, 3.63) is 60.8 Å². The van der Waals surface area contributed by atoms with E-state index in [1.165, 1.54) is 250 Å². The van der Waals surface area contributed by atoms with E-state index in [0.717, 1.165) is 96.3 Å². The molecule has 0 spiro atoms. The van der Waals surface area contributed by atoms with Crippen LogP contribution < -0.4 is 0 Å². The zero-order valence-electron chi connectivity index (χ0n) is 55.0. The van der Waals surface area contributed by atoms with Crippen LogP contribution in [0.5, 0.6) is 0 Å². The first-order chi connectivity index (χ1) is 40.5. The first kappa shape index (κ1) is 79.1. The van der Waals surface area contributed by atoms with Gasteiger partial charge in [-0.05, 0) is 64.2 Å². The van der Waals surface area contributed by atoms with E-state index in [4.69, 9.17) is 14.2 Å². The minimum absolute atomic E-state index is 0.0827. The second-order valence-electron chi connectivity index (χ2n) is 24.5. The van der Waals surface area contributed by atoms with E-state index in [0.29, 0.717) is 19.3 Å². The Labute approximate surface area is 510 Å². The van der Waals surface area contributed by atoms with Gasteiger partial charge < -0.3 is 14.2 Å². The van der Waals surface area contributed by atoms with E-state index in [1.807, 2.05) is 0 Å². The molecule has 0 rings (SSSR count). The summed E-state index contributed by atoms with van der Waals surface area (Å²) in [5.74, 6) is -0.887. The highest BCUT2D eigenvalue weighted by Crippen LogP contribution is 2.19. The number of carbonyl (C=O) groups excluding carboxylic acids is 3. The summed E-state index contributed by atoms with van der Waals surface area (Å²) in [4.78, 5) is 38.5. The lowest BCUT2D eigenvalue weighted by Crippen LogP contribution is -2.30. The molecule has 0 aliphatic carbocycles. The van der Waals surface area contributed by atoms with E-state index in [1.54, 1.807) is 0 Å². The SMILES string of the molecule is CC/C=C\C/C=C\C/C=C\C/C=C\C/C=C\CCCCCC(=O)OC(COC(=O)CCCCCCCCCCCCCCCCCCCCC)COC(=O)CCCCCCCCCCCCCCCCCCCCCCCCCCCC. The minimum Gasteiger partial charge on any atom is -0.462 e. The van der Waals surface area contributed by atoms with Crippen LogP contribution in [0.25, 0.3) is 0 Å². The molecule has 6 nitrogen and oxygen atoms in total. The van der Waals surface area contributed by atoms with Crippen LogP contribution in [0.1, 0.15) is 387 Å². The van der Waals surface area contributed by atoms with Crippen molar-refractivity contribution in [3.63, 3.8) is 0 Å². The molecule has 0 fully saturated rings. The Kier molecular flexibility index (Phi) is 68.1. The van der Waals surface area contributed by atoms with Gasteiger partial charge in [0.05, 0.1) is 0 Å². The van der Waals surface area contributed by atoms with Crippen LogP contribution in [0.15, 0.2) is 60.8 Å². The summed E-state index contributed by atoms with van der Waals surface area (Å²) in [7, 11) is 0. The molecule has 82 heavy (non-hydrogen) atoms. The van der Waals surface area contributed by atoms with Crippen LogP contribution >= 0.6 is 0 Å². The predicted octanol–water partition coefficient (Wildman–Crippen LogP) is 25.1. The molecule has 0 saturated heterocycles. The fourth-order valence-electron chi connectivity index (χ4n) is 10.9. The van der Waals surface area contributed by atoms with Gasteiger partial charge in [0, 0.05) is 19.3 Å². The lowest BCUT2D eigenvalue weighted by molar-refractivity contribution is -0.167. The molecule has 0 aromatic carbocycles. The third kappa shape index (κ3) is 67.9. The van der Waals surface area contributed by atoms with Crippen LogP contribution in [0.3, 0.4) is 0 Å². The number of hydrogen-bond acceptors (Lipinski definition) is 6. The third-order valence-corrected chi connectivity index (χ3v) is 16.3. The van der Waals surface area contributed by atoms with Crippen molar-refractivity contribution >= 4 is 17.9 Å². The predicted molar refractivity (Wildman–Crippen MR) is 358 cm³/mol. The van der Waals surface area contributed by atoms with Crippen molar-refractivity contribution in [3.8, 4) is 0 Å². The standard InChI is InChI=1S/C76H138O6/c1-4-7-10-13-16-19-22-25-28-31-34-35-36-37-38-39-40-43-45-48-51-54-57-60-63-66-69-75(78)81-72-73(82-76(79)70-67-64-61-58-55-52-49-46-42-33-30-27-24-21-18-15-12-9-6-3)71-80-74(77)68-65-62-59-56-53-50-47-44-41-32-29-26-23-20-17-14-11-8-5-2/h9,12,18,21,27,30,42,46,52,55,73H,4-8,10-11,13-17,19-20,22-26,28-29,31-41,43-45,47-51,53-54,56-72H2,1-3H3/b12-9-,21-18-,30-27-,46-42-,55-52-. The quantitative estimate of drug-likeness (QED) is 0.0261. The highest BCUT2D eigenvalue weighted by atomic mass is 16.6. The van der Waals surface area contributed by atoms with E-state index >= 15 is 0 Å². The summed E-state index contributed by atoms with van der Waals surface area (Å²) in [5, 5.41) is 0. The molecule has 478 valence electrons. The third-order valence-electron chi connectivity index (χ3n) is 16.3. The molecule has 0 amide bonds. The lowest BCUT2D eigenvalue weighted by Gasteiger charge is -2.18. The van der Waals surface area contributed by atoms with Gasteiger partial charge in [0.25, 0.3) is 0 Å². The summed E-state index contributed by atoms with van der Waals surface area (Å²) in [6.07, 6.45) is 91.2. The number of esters is 3. The van der Waals surface area contributed by atoms with Gasteiger partial charge in [-0.2, -0.15) is 0 Å². The Morgan fingerprint density at radius 3 is 0.744 bits per heavy atom. The number of unbranched alkanes of at least 4 members (excludes halogenated alkanes) is 46. The zero-order chi connectivity index (χ0) is 59.2. The van der Waals surface area contributed by atoms with Gasteiger partial charge in [-0.25, -0.2) is 0 Å². The molecule has 0 N–H and O–H groups in total. The largest absolute Gasteiger partial charge is 0.462 e. The van der Waals surface area contributed by atoms with Crippen LogP contribution in [0.2, 0.25) is 0 Å². The first-order valence-corrected chi connectivity index (χ1v) is 36.3. The van der Waals surface area contributed by atoms with E-state index in [-0.39, 0.29) is 31.1 Å². The van der Waals surface area contributed by atoms with Gasteiger partial charge in [0.2, 0.25) is 0 Å². The van der Waals surface area contributed by atoms with Crippen molar-refractivity contribution in [1.29, 1.82) is 0 Å². The molecular weight excluding hydrogens is 1010 g/mol. The Hall–Kier alpha value is -2.89. The van der Waals surface area contributed by atoms with Crippen LogP contribution in [-0.2, 0) is 28.6 Å². The molecule has 0 aliphatic rings. The Bertz CT molecular complexity index is 1460. The normalized spacial score (nSPS) is 12.4.